The summed E-state index contributed by atoms with van der Waals surface area (Å²) in [6, 6.07) is 0.899. The first-order chi connectivity index (χ1) is 10.4. The first-order valence-electron chi connectivity index (χ1n) is 10.1. The van der Waals surface area contributed by atoms with Gasteiger partial charge in [0.05, 0.1) is 0 Å². The lowest BCUT2D eigenvalue weighted by Gasteiger charge is -2.32. The molecule has 2 aliphatic carbocycles. The van der Waals surface area contributed by atoms with Gasteiger partial charge in [-0.25, -0.2) is 0 Å². The van der Waals surface area contributed by atoms with Crippen LogP contribution in [0.4, 0.5) is 0 Å². The fourth-order valence-electron chi connectivity index (χ4n) is 4.08. The van der Waals surface area contributed by atoms with Crippen LogP contribution in [0, 0.1) is 11.8 Å². The normalized spacial score (nSPS) is 26.1. The van der Waals surface area contributed by atoms with E-state index in [2.05, 4.69) is 12.2 Å². The molecular weight excluding hydrogens is 254 g/mol. The maximum Gasteiger partial charge on any atom is 0.00683 e. The Bertz CT molecular complexity index is 246. The summed E-state index contributed by atoms with van der Waals surface area (Å²) in [6.07, 6.45) is 22.1. The van der Waals surface area contributed by atoms with Gasteiger partial charge in [-0.1, -0.05) is 84.0 Å². The van der Waals surface area contributed by atoms with Crippen LogP contribution >= 0.6 is 0 Å². The molecule has 2 fully saturated rings. The fraction of sp³-hybridized carbons (Fsp3) is 1.00. The molecule has 0 heterocycles. The van der Waals surface area contributed by atoms with Crippen molar-refractivity contribution in [1.29, 1.82) is 0 Å². The SMILES string of the molecule is CCCCCCCCCCC1CCCCC1CNC1CC1. The molecule has 0 saturated heterocycles. The number of unbranched alkanes of at least 4 members (excludes halogenated alkanes) is 7. The molecule has 124 valence electrons. The van der Waals surface area contributed by atoms with Crippen LogP contribution in [0.15, 0.2) is 0 Å². The van der Waals surface area contributed by atoms with Gasteiger partial charge in [0.2, 0.25) is 0 Å². The highest BCUT2D eigenvalue weighted by atomic mass is 14.9. The van der Waals surface area contributed by atoms with E-state index in [4.69, 9.17) is 0 Å². The lowest BCUT2D eigenvalue weighted by molar-refractivity contribution is 0.212. The summed E-state index contributed by atoms with van der Waals surface area (Å²) in [7, 11) is 0. The summed E-state index contributed by atoms with van der Waals surface area (Å²) in [5.41, 5.74) is 0. The van der Waals surface area contributed by atoms with Crippen molar-refractivity contribution in [3.05, 3.63) is 0 Å². The maximum absolute atomic E-state index is 3.79. The van der Waals surface area contributed by atoms with Crippen LogP contribution < -0.4 is 5.32 Å². The Hall–Kier alpha value is -0.0400. The van der Waals surface area contributed by atoms with Crippen LogP contribution in [-0.2, 0) is 0 Å². The molecule has 2 unspecified atom stereocenters. The summed E-state index contributed by atoms with van der Waals surface area (Å²) in [5, 5.41) is 3.79. The third-order valence-electron chi connectivity index (χ3n) is 5.74. The van der Waals surface area contributed by atoms with Gasteiger partial charge in [0.15, 0.2) is 0 Å². The van der Waals surface area contributed by atoms with Gasteiger partial charge in [-0.3, -0.25) is 0 Å². The molecule has 1 nitrogen and oxygen atoms in total. The molecule has 0 aliphatic heterocycles. The van der Waals surface area contributed by atoms with Gasteiger partial charge in [0.1, 0.15) is 0 Å². The highest BCUT2D eigenvalue weighted by Gasteiger charge is 2.27. The second kappa shape index (κ2) is 10.6. The molecule has 0 amide bonds. The van der Waals surface area contributed by atoms with Gasteiger partial charge < -0.3 is 5.32 Å². The highest BCUT2D eigenvalue weighted by molar-refractivity contribution is 4.84. The van der Waals surface area contributed by atoms with E-state index in [0.29, 0.717) is 0 Å². The Kier molecular flexibility index (Phi) is 8.78. The highest BCUT2D eigenvalue weighted by Crippen LogP contribution is 2.34. The smallest absolute Gasteiger partial charge is 0.00683 e. The Morgan fingerprint density at radius 1 is 0.714 bits per heavy atom. The van der Waals surface area contributed by atoms with Crippen molar-refractivity contribution in [1.82, 2.24) is 5.32 Å². The number of rotatable bonds is 12. The van der Waals surface area contributed by atoms with Crippen LogP contribution in [0.1, 0.15) is 103 Å². The number of hydrogen-bond acceptors (Lipinski definition) is 1. The first-order valence-corrected chi connectivity index (χ1v) is 10.1. The molecule has 2 saturated carbocycles. The maximum atomic E-state index is 3.79. The number of hydrogen-bond donors (Lipinski definition) is 1. The van der Waals surface area contributed by atoms with Crippen molar-refractivity contribution >= 4 is 0 Å². The summed E-state index contributed by atoms with van der Waals surface area (Å²) < 4.78 is 0. The van der Waals surface area contributed by atoms with Gasteiger partial charge in [-0.15, -0.1) is 0 Å². The minimum Gasteiger partial charge on any atom is -0.314 e. The van der Waals surface area contributed by atoms with Crippen molar-refractivity contribution in [3.8, 4) is 0 Å². The fourth-order valence-corrected chi connectivity index (χ4v) is 4.08. The van der Waals surface area contributed by atoms with Crippen LogP contribution in [0.25, 0.3) is 0 Å². The predicted molar refractivity (Wildman–Crippen MR) is 93.7 cm³/mol. The Morgan fingerprint density at radius 2 is 1.33 bits per heavy atom. The summed E-state index contributed by atoms with van der Waals surface area (Å²) >= 11 is 0. The van der Waals surface area contributed by atoms with E-state index in [0.717, 1.165) is 17.9 Å². The summed E-state index contributed by atoms with van der Waals surface area (Å²) in [5.74, 6) is 2.05. The molecular formula is C20H39N. The molecule has 0 aromatic rings. The standard InChI is InChI=1S/C20H39N/c1-2-3-4-5-6-7-8-9-12-18-13-10-11-14-19(18)17-21-20-15-16-20/h18-21H,2-17H2,1H3. The van der Waals surface area contributed by atoms with E-state index in [-0.39, 0.29) is 0 Å². The molecule has 2 aliphatic rings. The zero-order valence-electron chi connectivity index (χ0n) is 14.5. The molecule has 0 aromatic carbocycles. The second-order valence-corrected chi connectivity index (χ2v) is 7.75. The van der Waals surface area contributed by atoms with Crippen LogP contribution in [0.3, 0.4) is 0 Å². The van der Waals surface area contributed by atoms with Crippen LogP contribution in [-0.4, -0.2) is 12.6 Å². The molecule has 21 heavy (non-hydrogen) atoms. The van der Waals surface area contributed by atoms with Crippen molar-refractivity contribution in [2.45, 2.75) is 109 Å². The topological polar surface area (TPSA) is 12.0 Å². The third kappa shape index (κ3) is 7.68. The van der Waals surface area contributed by atoms with Crippen LogP contribution in [0.5, 0.6) is 0 Å². The van der Waals surface area contributed by atoms with Crippen molar-refractivity contribution in [3.63, 3.8) is 0 Å². The quantitative estimate of drug-likeness (QED) is 0.430. The lowest BCUT2D eigenvalue weighted by atomic mass is 9.76. The van der Waals surface area contributed by atoms with Gasteiger partial charge in [0, 0.05) is 6.04 Å². The Morgan fingerprint density at radius 3 is 2.00 bits per heavy atom. The van der Waals surface area contributed by atoms with Crippen molar-refractivity contribution < 1.29 is 0 Å². The molecule has 2 rings (SSSR count). The van der Waals surface area contributed by atoms with Crippen molar-refractivity contribution in [2.75, 3.05) is 6.54 Å². The van der Waals surface area contributed by atoms with Gasteiger partial charge >= 0.3 is 0 Å². The predicted octanol–water partition coefficient (Wildman–Crippen LogP) is 6.08. The monoisotopic (exact) mass is 293 g/mol. The van der Waals surface area contributed by atoms with E-state index in [1.54, 1.807) is 0 Å². The van der Waals surface area contributed by atoms with E-state index >= 15 is 0 Å². The van der Waals surface area contributed by atoms with Crippen molar-refractivity contribution in [2.24, 2.45) is 11.8 Å². The van der Waals surface area contributed by atoms with E-state index in [1.807, 2.05) is 0 Å². The summed E-state index contributed by atoms with van der Waals surface area (Å²) in [4.78, 5) is 0. The average Bonchev–Trinajstić information content (AvgIpc) is 3.33. The minimum atomic E-state index is 0.899. The summed E-state index contributed by atoms with van der Waals surface area (Å²) in [6.45, 7) is 3.63. The Labute approximate surface area is 133 Å². The van der Waals surface area contributed by atoms with Gasteiger partial charge in [-0.2, -0.15) is 0 Å². The van der Waals surface area contributed by atoms with E-state index in [1.165, 1.54) is 103 Å². The molecule has 1 heteroatoms. The molecule has 0 spiro atoms. The zero-order valence-corrected chi connectivity index (χ0v) is 14.5. The molecule has 0 aromatic heterocycles. The zero-order chi connectivity index (χ0) is 14.8. The molecule has 1 N–H and O–H groups in total. The molecule has 0 radical (unpaired) electrons. The van der Waals surface area contributed by atoms with Gasteiger partial charge in [-0.05, 0) is 37.6 Å². The third-order valence-corrected chi connectivity index (χ3v) is 5.74. The molecule has 2 atom stereocenters. The average molecular weight is 294 g/mol. The Balaban J connectivity index is 1.48. The lowest BCUT2D eigenvalue weighted by Crippen LogP contribution is -2.31. The number of nitrogens with one attached hydrogen (secondary N) is 1. The van der Waals surface area contributed by atoms with E-state index in [9.17, 15) is 0 Å². The largest absolute Gasteiger partial charge is 0.314 e. The van der Waals surface area contributed by atoms with E-state index < -0.39 is 0 Å². The minimum absolute atomic E-state index is 0.899. The first kappa shape index (κ1) is 17.3. The van der Waals surface area contributed by atoms with Crippen LogP contribution in [0.2, 0.25) is 0 Å². The van der Waals surface area contributed by atoms with Gasteiger partial charge in [0.25, 0.3) is 0 Å². The second-order valence-electron chi connectivity index (χ2n) is 7.75. The molecule has 0 bridgehead atoms.